The SMILES string of the molecule is COc1ccc(C)cc1N(CC(=O)NC[C@@H]1COc2ccccc2O1)S(=O)(=O)c1ccc(C)cc1. The largest absolute Gasteiger partial charge is 0.495 e. The highest BCUT2D eigenvalue weighted by Gasteiger charge is 2.30. The van der Waals surface area contributed by atoms with Crippen LogP contribution in [0.1, 0.15) is 11.1 Å². The molecule has 0 fully saturated rings. The van der Waals surface area contributed by atoms with E-state index in [4.69, 9.17) is 14.2 Å². The molecule has 0 unspecified atom stereocenters. The van der Waals surface area contributed by atoms with Gasteiger partial charge in [0.25, 0.3) is 10.0 Å². The molecule has 1 aliphatic heterocycles. The van der Waals surface area contributed by atoms with Crippen LogP contribution >= 0.6 is 0 Å². The molecule has 8 nitrogen and oxygen atoms in total. The van der Waals surface area contributed by atoms with Crippen LogP contribution in [0.3, 0.4) is 0 Å². The topological polar surface area (TPSA) is 94.2 Å². The summed E-state index contributed by atoms with van der Waals surface area (Å²) in [5.74, 6) is 1.12. The summed E-state index contributed by atoms with van der Waals surface area (Å²) in [4.78, 5) is 13.1. The second-order valence-electron chi connectivity index (χ2n) is 8.30. The molecule has 0 spiro atoms. The quantitative estimate of drug-likeness (QED) is 0.513. The number of rotatable bonds is 8. The van der Waals surface area contributed by atoms with Crippen molar-refractivity contribution < 1.29 is 27.4 Å². The van der Waals surface area contributed by atoms with E-state index in [1.54, 1.807) is 30.3 Å². The van der Waals surface area contributed by atoms with Crippen LogP contribution in [0, 0.1) is 13.8 Å². The number of ether oxygens (including phenoxy) is 3. The molecule has 1 heterocycles. The lowest BCUT2D eigenvalue weighted by Gasteiger charge is -2.28. The van der Waals surface area contributed by atoms with Gasteiger partial charge in [0.1, 0.15) is 25.0 Å². The molecule has 3 aromatic carbocycles. The molecule has 1 atom stereocenters. The number of aryl methyl sites for hydroxylation is 2. The molecule has 35 heavy (non-hydrogen) atoms. The van der Waals surface area contributed by atoms with Crippen LogP contribution in [0.5, 0.6) is 17.2 Å². The fraction of sp³-hybridized carbons (Fsp3) is 0.269. The van der Waals surface area contributed by atoms with Gasteiger partial charge in [-0.1, -0.05) is 35.9 Å². The summed E-state index contributed by atoms with van der Waals surface area (Å²) in [6, 6.07) is 19.0. The van der Waals surface area contributed by atoms with E-state index in [0.29, 0.717) is 17.2 Å². The lowest BCUT2D eigenvalue weighted by molar-refractivity contribution is -0.120. The zero-order valence-electron chi connectivity index (χ0n) is 19.9. The molecule has 1 amide bonds. The van der Waals surface area contributed by atoms with Crippen molar-refractivity contribution in [2.45, 2.75) is 24.8 Å². The first-order valence-corrected chi connectivity index (χ1v) is 12.6. The third-order valence-electron chi connectivity index (χ3n) is 5.59. The van der Waals surface area contributed by atoms with Gasteiger partial charge in [-0.2, -0.15) is 0 Å². The number of amides is 1. The fourth-order valence-corrected chi connectivity index (χ4v) is 5.13. The minimum atomic E-state index is -4.06. The van der Waals surface area contributed by atoms with Gasteiger partial charge >= 0.3 is 0 Å². The average molecular weight is 497 g/mol. The number of carbonyl (C=O) groups is 1. The van der Waals surface area contributed by atoms with Gasteiger partial charge in [-0.15, -0.1) is 0 Å². The van der Waals surface area contributed by atoms with Crippen LogP contribution in [0.15, 0.2) is 71.6 Å². The second-order valence-corrected chi connectivity index (χ2v) is 10.2. The maximum atomic E-state index is 13.6. The van der Waals surface area contributed by atoms with Gasteiger partial charge in [0.05, 0.1) is 24.2 Å². The third-order valence-corrected chi connectivity index (χ3v) is 7.37. The molecular formula is C26H28N2O6S. The van der Waals surface area contributed by atoms with Crippen LogP contribution < -0.4 is 23.8 Å². The summed E-state index contributed by atoms with van der Waals surface area (Å²) in [7, 11) is -2.60. The molecule has 3 aromatic rings. The van der Waals surface area contributed by atoms with Gasteiger partial charge < -0.3 is 19.5 Å². The van der Waals surface area contributed by atoms with Crippen LogP contribution in [0.25, 0.3) is 0 Å². The minimum Gasteiger partial charge on any atom is -0.495 e. The Bertz CT molecular complexity index is 1310. The Kier molecular flexibility index (Phi) is 7.16. The Hall–Kier alpha value is -3.72. The van der Waals surface area contributed by atoms with Gasteiger partial charge in [-0.05, 0) is 55.8 Å². The smallest absolute Gasteiger partial charge is 0.264 e. The summed E-state index contributed by atoms with van der Waals surface area (Å²) in [6.45, 7) is 3.73. The number of nitrogens with zero attached hydrogens (tertiary/aromatic N) is 1. The first-order valence-electron chi connectivity index (χ1n) is 11.2. The van der Waals surface area contributed by atoms with E-state index >= 15 is 0 Å². The molecular weight excluding hydrogens is 468 g/mol. The molecule has 0 bridgehead atoms. The fourth-order valence-electron chi connectivity index (χ4n) is 3.71. The molecule has 0 radical (unpaired) electrons. The molecule has 0 aliphatic carbocycles. The standard InChI is InChI=1S/C26H28N2O6S/c1-18-8-11-21(12-9-18)35(30,31)28(22-14-19(2)10-13-23(22)32-3)16-26(29)27-15-20-17-33-24-6-4-5-7-25(24)34-20/h4-14,20H,15-17H2,1-3H3,(H,27,29)/t20-/m1/s1. The summed E-state index contributed by atoms with van der Waals surface area (Å²) in [5.41, 5.74) is 2.05. The Labute approximate surface area is 205 Å². The Balaban J connectivity index is 1.56. The normalized spacial score (nSPS) is 14.8. The van der Waals surface area contributed by atoms with E-state index in [1.807, 2.05) is 38.1 Å². The summed E-state index contributed by atoms with van der Waals surface area (Å²) in [5, 5.41) is 2.78. The Morgan fingerprint density at radius 3 is 2.43 bits per heavy atom. The predicted octanol–water partition coefficient (Wildman–Crippen LogP) is 3.46. The first kappa shape index (κ1) is 24.4. The van der Waals surface area contributed by atoms with Gasteiger partial charge in [-0.3, -0.25) is 9.10 Å². The van der Waals surface area contributed by atoms with E-state index in [-0.39, 0.29) is 23.7 Å². The number of carbonyl (C=O) groups excluding carboxylic acids is 1. The minimum absolute atomic E-state index is 0.0834. The van der Waals surface area contributed by atoms with Crippen molar-refractivity contribution in [3.05, 3.63) is 77.9 Å². The third kappa shape index (κ3) is 5.51. The monoisotopic (exact) mass is 496 g/mol. The maximum Gasteiger partial charge on any atom is 0.264 e. The molecule has 0 saturated carbocycles. The summed E-state index contributed by atoms with van der Waals surface area (Å²) >= 11 is 0. The van der Waals surface area contributed by atoms with Gasteiger partial charge in [0.15, 0.2) is 11.5 Å². The molecule has 1 N–H and O–H groups in total. The average Bonchev–Trinajstić information content (AvgIpc) is 2.86. The molecule has 0 saturated heterocycles. The summed E-state index contributed by atoms with van der Waals surface area (Å²) in [6.07, 6.45) is -0.399. The molecule has 1 aliphatic rings. The highest BCUT2D eigenvalue weighted by molar-refractivity contribution is 7.92. The van der Waals surface area contributed by atoms with E-state index in [9.17, 15) is 13.2 Å². The second kappa shape index (κ2) is 10.3. The lowest BCUT2D eigenvalue weighted by Crippen LogP contribution is -2.45. The first-order chi connectivity index (χ1) is 16.8. The number of nitrogens with one attached hydrogen (secondary N) is 1. The Morgan fingerprint density at radius 1 is 1.03 bits per heavy atom. The lowest BCUT2D eigenvalue weighted by atomic mass is 10.2. The van der Waals surface area contributed by atoms with Crippen LogP contribution in [-0.4, -0.2) is 47.2 Å². The zero-order valence-corrected chi connectivity index (χ0v) is 20.7. The molecule has 4 rings (SSSR count). The highest BCUT2D eigenvalue weighted by atomic mass is 32.2. The predicted molar refractivity (Wildman–Crippen MR) is 133 cm³/mol. The van der Waals surface area contributed by atoms with Crippen molar-refractivity contribution >= 4 is 21.6 Å². The Morgan fingerprint density at radius 2 is 1.71 bits per heavy atom. The maximum absolute atomic E-state index is 13.6. The molecule has 0 aromatic heterocycles. The van der Waals surface area contributed by atoms with Crippen molar-refractivity contribution in [1.29, 1.82) is 0 Å². The molecule has 9 heteroatoms. The van der Waals surface area contributed by atoms with Crippen LogP contribution in [-0.2, 0) is 14.8 Å². The summed E-state index contributed by atoms with van der Waals surface area (Å²) < 4.78 is 45.4. The number of methoxy groups -OCH3 is 1. The number of hydrogen-bond acceptors (Lipinski definition) is 6. The number of hydrogen-bond donors (Lipinski definition) is 1. The van der Waals surface area contributed by atoms with E-state index in [1.165, 1.54) is 19.2 Å². The molecule has 184 valence electrons. The van der Waals surface area contributed by atoms with Crippen molar-refractivity contribution in [3.63, 3.8) is 0 Å². The van der Waals surface area contributed by atoms with Crippen molar-refractivity contribution in [3.8, 4) is 17.2 Å². The van der Waals surface area contributed by atoms with Crippen molar-refractivity contribution in [2.75, 3.05) is 31.1 Å². The van der Waals surface area contributed by atoms with Gasteiger partial charge in [-0.25, -0.2) is 8.42 Å². The van der Waals surface area contributed by atoms with E-state index in [0.717, 1.165) is 15.4 Å². The highest BCUT2D eigenvalue weighted by Crippen LogP contribution is 2.34. The number of sulfonamides is 1. The zero-order chi connectivity index (χ0) is 25.0. The van der Waals surface area contributed by atoms with Gasteiger partial charge in [0, 0.05) is 0 Å². The van der Waals surface area contributed by atoms with Crippen molar-refractivity contribution in [2.24, 2.45) is 0 Å². The number of fused-ring (bicyclic) bond motifs is 1. The number of para-hydroxylation sites is 2. The number of benzene rings is 3. The van der Waals surface area contributed by atoms with Crippen molar-refractivity contribution in [1.82, 2.24) is 5.32 Å². The van der Waals surface area contributed by atoms with E-state index < -0.39 is 28.6 Å². The van der Waals surface area contributed by atoms with Crippen LogP contribution in [0.2, 0.25) is 0 Å². The van der Waals surface area contributed by atoms with E-state index in [2.05, 4.69) is 5.32 Å². The number of anilines is 1. The van der Waals surface area contributed by atoms with Crippen LogP contribution in [0.4, 0.5) is 5.69 Å². The van der Waals surface area contributed by atoms with Gasteiger partial charge in [0.2, 0.25) is 5.91 Å².